The van der Waals surface area contributed by atoms with Crippen LogP contribution in [0.5, 0.6) is 0 Å². The Hall–Kier alpha value is -3.55. The lowest BCUT2D eigenvalue weighted by Gasteiger charge is -2.49. The van der Waals surface area contributed by atoms with Gasteiger partial charge in [0.1, 0.15) is 5.82 Å². The Balaban J connectivity index is 1.13. The maximum Gasteiger partial charge on any atom is 0.225 e. The van der Waals surface area contributed by atoms with Crippen LogP contribution in [0.3, 0.4) is 0 Å². The van der Waals surface area contributed by atoms with E-state index >= 15 is 0 Å². The average molecular weight is 567 g/mol. The largest absolute Gasteiger partial charge is 0.390 e. The molecule has 1 aromatic heterocycles. The summed E-state index contributed by atoms with van der Waals surface area (Å²) in [5.74, 6) is 1.39. The van der Waals surface area contributed by atoms with Gasteiger partial charge in [-0.2, -0.15) is 0 Å². The number of amides is 2. The van der Waals surface area contributed by atoms with Crippen LogP contribution >= 0.6 is 0 Å². The minimum absolute atomic E-state index is 0.0194. The van der Waals surface area contributed by atoms with E-state index in [1.165, 1.54) is 0 Å². The SMILES string of the molecule is CN(C(=O)C1CC1)[C@H]1CC[C@H](CC(=O)Nc2cc(-c3ccccc3)c(-c3ccc([C@]4(N)C[C@](C)(O)C4)cc3)cn2)CC1. The molecule has 4 N–H and O–H groups in total. The second-order valence-corrected chi connectivity index (χ2v) is 13.2. The first-order chi connectivity index (χ1) is 20.1. The Labute approximate surface area is 248 Å². The van der Waals surface area contributed by atoms with Crippen LogP contribution in [0.4, 0.5) is 5.82 Å². The Kier molecular flexibility index (Phi) is 7.66. The van der Waals surface area contributed by atoms with Gasteiger partial charge in [-0.05, 0) is 92.5 Å². The van der Waals surface area contributed by atoms with Gasteiger partial charge in [0.2, 0.25) is 11.8 Å². The van der Waals surface area contributed by atoms with Crippen molar-refractivity contribution in [1.29, 1.82) is 0 Å². The molecule has 0 bridgehead atoms. The topological polar surface area (TPSA) is 109 Å². The fraction of sp³-hybridized carbons (Fsp3) is 0.457. The van der Waals surface area contributed by atoms with Gasteiger partial charge in [-0.25, -0.2) is 4.98 Å². The molecule has 0 unspecified atom stereocenters. The van der Waals surface area contributed by atoms with Gasteiger partial charge in [-0.1, -0.05) is 54.6 Å². The van der Waals surface area contributed by atoms with Crippen LogP contribution in [-0.2, 0) is 15.1 Å². The van der Waals surface area contributed by atoms with Crippen molar-refractivity contribution in [2.45, 2.75) is 81.9 Å². The van der Waals surface area contributed by atoms with Gasteiger partial charge < -0.3 is 21.1 Å². The van der Waals surface area contributed by atoms with Crippen molar-refractivity contribution in [2.75, 3.05) is 12.4 Å². The van der Waals surface area contributed by atoms with Crippen molar-refractivity contribution in [1.82, 2.24) is 9.88 Å². The highest BCUT2D eigenvalue weighted by molar-refractivity contribution is 5.92. The summed E-state index contributed by atoms with van der Waals surface area (Å²) in [5, 5.41) is 13.3. The average Bonchev–Trinajstić information content (AvgIpc) is 3.82. The number of pyridine rings is 1. The summed E-state index contributed by atoms with van der Waals surface area (Å²) in [6, 6.07) is 20.6. The molecular weight excluding hydrogens is 524 g/mol. The maximum atomic E-state index is 13.1. The molecule has 0 saturated heterocycles. The number of benzene rings is 2. The second-order valence-electron chi connectivity index (χ2n) is 13.2. The molecule has 220 valence electrons. The zero-order valence-electron chi connectivity index (χ0n) is 24.7. The predicted octanol–water partition coefficient (Wildman–Crippen LogP) is 5.87. The molecule has 2 amide bonds. The van der Waals surface area contributed by atoms with E-state index in [1.807, 2.05) is 61.5 Å². The monoisotopic (exact) mass is 566 g/mol. The minimum atomic E-state index is -0.704. The van der Waals surface area contributed by atoms with Crippen LogP contribution in [0.2, 0.25) is 0 Å². The number of rotatable bonds is 8. The third-order valence-electron chi connectivity index (χ3n) is 9.53. The number of aliphatic hydroxyl groups is 1. The summed E-state index contributed by atoms with van der Waals surface area (Å²) in [6.45, 7) is 1.83. The second kappa shape index (κ2) is 11.3. The molecule has 3 saturated carbocycles. The summed E-state index contributed by atoms with van der Waals surface area (Å²) in [5.41, 5.74) is 10.4. The highest BCUT2D eigenvalue weighted by Crippen LogP contribution is 2.46. The molecule has 7 heteroatoms. The highest BCUT2D eigenvalue weighted by Gasteiger charge is 2.49. The van der Waals surface area contributed by atoms with Crippen LogP contribution in [0.1, 0.15) is 70.3 Å². The summed E-state index contributed by atoms with van der Waals surface area (Å²) in [4.78, 5) is 32.1. The third-order valence-corrected chi connectivity index (χ3v) is 9.53. The minimum Gasteiger partial charge on any atom is -0.390 e. The van der Waals surface area contributed by atoms with E-state index in [0.29, 0.717) is 42.9 Å². The van der Waals surface area contributed by atoms with Crippen molar-refractivity contribution in [2.24, 2.45) is 17.6 Å². The molecule has 42 heavy (non-hydrogen) atoms. The first kappa shape index (κ1) is 28.6. The quantitative estimate of drug-likeness (QED) is 0.316. The first-order valence-corrected chi connectivity index (χ1v) is 15.3. The molecule has 6 rings (SSSR count). The molecule has 0 aliphatic heterocycles. The first-order valence-electron chi connectivity index (χ1n) is 15.3. The Morgan fingerprint density at radius 2 is 1.60 bits per heavy atom. The summed E-state index contributed by atoms with van der Waals surface area (Å²) in [6.07, 6.45) is 9.29. The van der Waals surface area contributed by atoms with Crippen molar-refractivity contribution in [3.05, 3.63) is 72.4 Å². The van der Waals surface area contributed by atoms with Gasteiger partial charge in [0, 0.05) is 42.7 Å². The number of hydrogen-bond donors (Lipinski definition) is 3. The number of nitrogens with one attached hydrogen (secondary N) is 1. The summed E-state index contributed by atoms with van der Waals surface area (Å²) in [7, 11) is 1.95. The lowest BCUT2D eigenvalue weighted by atomic mass is 9.63. The standard InChI is InChI=1S/C35H42N4O3/c1-34(42)21-35(36,22-34)27-14-12-25(13-15-27)30-20-37-31(19-29(30)24-6-4-3-5-7-24)38-32(40)18-23-8-16-28(17-9-23)39(2)33(41)26-10-11-26/h3-7,12-15,19-20,23,26,28,42H,8-11,16-18,21-22,36H2,1-2H3,(H,37,38,40)/t23-,28-,34-,35-. The van der Waals surface area contributed by atoms with E-state index in [9.17, 15) is 14.7 Å². The van der Waals surface area contributed by atoms with Gasteiger partial charge >= 0.3 is 0 Å². The smallest absolute Gasteiger partial charge is 0.225 e. The number of aromatic nitrogens is 1. The van der Waals surface area contributed by atoms with Crippen LogP contribution in [0, 0.1) is 11.8 Å². The fourth-order valence-corrected chi connectivity index (χ4v) is 7.09. The predicted molar refractivity (Wildman–Crippen MR) is 165 cm³/mol. The van der Waals surface area contributed by atoms with E-state index in [4.69, 9.17) is 5.73 Å². The van der Waals surface area contributed by atoms with E-state index in [0.717, 1.165) is 66.3 Å². The molecule has 0 atom stereocenters. The Morgan fingerprint density at radius 1 is 0.952 bits per heavy atom. The molecule has 3 aliphatic carbocycles. The van der Waals surface area contributed by atoms with Gasteiger partial charge in [-0.15, -0.1) is 0 Å². The van der Waals surface area contributed by atoms with E-state index < -0.39 is 11.1 Å². The van der Waals surface area contributed by atoms with E-state index in [2.05, 4.69) is 34.6 Å². The molecule has 2 aromatic carbocycles. The van der Waals surface area contributed by atoms with Crippen LogP contribution in [0.25, 0.3) is 22.3 Å². The molecule has 0 spiro atoms. The van der Waals surface area contributed by atoms with Crippen molar-refractivity contribution in [3.8, 4) is 22.3 Å². The maximum absolute atomic E-state index is 13.1. The fourth-order valence-electron chi connectivity index (χ4n) is 7.09. The van der Waals surface area contributed by atoms with Crippen molar-refractivity contribution >= 4 is 17.6 Å². The number of nitrogens with two attached hydrogens (primary N) is 1. The summed E-state index contributed by atoms with van der Waals surface area (Å²) < 4.78 is 0. The van der Waals surface area contributed by atoms with Crippen LogP contribution in [-0.4, -0.2) is 45.5 Å². The molecular formula is C35H42N4O3. The van der Waals surface area contributed by atoms with E-state index in [-0.39, 0.29) is 11.8 Å². The van der Waals surface area contributed by atoms with E-state index in [1.54, 1.807) is 0 Å². The normalized spacial score (nSPS) is 27.1. The van der Waals surface area contributed by atoms with Crippen molar-refractivity contribution < 1.29 is 14.7 Å². The number of nitrogens with zero attached hydrogens (tertiary/aromatic N) is 2. The Bertz CT molecular complexity index is 1430. The molecule has 7 nitrogen and oxygen atoms in total. The zero-order chi connectivity index (χ0) is 29.5. The lowest BCUT2D eigenvalue weighted by molar-refractivity contribution is -0.134. The lowest BCUT2D eigenvalue weighted by Crippen LogP contribution is -2.58. The Morgan fingerprint density at radius 3 is 2.21 bits per heavy atom. The molecule has 3 fully saturated rings. The van der Waals surface area contributed by atoms with Gasteiger partial charge in [0.25, 0.3) is 0 Å². The highest BCUT2D eigenvalue weighted by atomic mass is 16.3. The molecule has 3 aromatic rings. The van der Waals surface area contributed by atoms with Gasteiger partial charge in [0.05, 0.1) is 5.60 Å². The number of hydrogen-bond acceptors (Lipinski definition) is 5. The number of anilines is 1. The van der Waals surface area contributed by atoms with Crippen molar-refractivity contribution in [3.63, 3.8) is 0 Å². The molecule has 1 heterocycles. The van der Waals surface area contributed by atoms with Crippen LogP contribution < -0.4 is 11.1 Å². The number of carbonyl (C=O) groups excluding carboxylic acids is 2. The van der Waals surface area contributed by atoms with Crippen LogP contribution in [0.15, 0.2) is 66.9 Å². The molecule has 0 radical (unpaired) electrons. The zero-order valence-corrected chi connectivity index (χ0v) is 24.7. The van der Waals surface area contributed by atoms with Gasteiger partial charge in [-0.3, -0.25) is 9.59 Å². The summed E-state index contributed by atoms with van der Waals surface area (Å²) >= 11 is 0. The number of carbonyl (C=O) groups is 2. The van der Waals surface area contributed by atoms with Gasteiger partial charge in [0.15, 0.2) is 0 Å². The molecule has 3 aliphatic rings. The third kappa shape index (κ3) is 6.13.